The first kappa shape index (κ1) is 10.8. The molecule has 6 N–H and O–H groups in total. The second-order valence-corrected chi connectivity index (χ2v) is 3.44. The van der Waals surface area contributed by atoms with Gasteiger partial charge in [-0.1, -0.05) is 0 Å². The smallest absolute Gasteiger partial charge is 0.173 e. The van der Waals surface area contributed by atoms with Crippen LogP contribution in [0, 0.1) is 0 Å². The van der Waals surface area contributed by atoms with Gasteiger partial charge in [0.2, 0.25) is 0 Å². The van der Waals surface area contributed by atoms with E-state index in [1.165, 1.54) is 6.92 Å². The van der Waals surface area contributed by atoms with Crippen LogP contribution in [-0.4, -0.2) is 57.2 Å². The predicted molar refractivity (Wildman–Crippen MR) is 42.6 cm³/mol. The van der Waals surface area contributed by atoms with Crippen LogP contribution < -0.4 is 5.73 Å². The highest BCUT2D eigenvalue weighted by Crippen LogP contribution is 2.26. The van der Waals surface area contributed by atoms with E-state index in [1.807, 2.05) is 0 Å². The third-order valence-electron chi connectivity index (χ3n) is 2.43. The molecule has 0 spiro atoms. The van der Waals surface area contributed by atoms with E-state index in [0.717, 1.165) is 0 Å². The Hall–Kier alpha value is -0.240. The van der Waals surface area contributed by atoms with Gasteiger partial charge >= 0.3 is 0 Å². The molecule has 0 bridgehead atoms. The van der Waals surface area contributed by atoms with Crippen molar-refractivity contribution in [2.75, 3.05) is 6.61 Å². The first-order valence-corrected chi connectivity index (χ1v) is 4.01. The van der Waals surface area contributed by atoms with Gasteiger partial charge in [-0.25, -0.2) is 0 Å². The summed E-state index contributed by atoms with van der Waals surface area (Å²) in [4.78, 5) is 0. The number of rotatable bonds is 1. The Kier molecular flexibility index (Phi) is 2.91. The highest BCUT2D eigenvalue weighted by Gasteiger charge is 2.50. The number of ether oxygens (including phenoxy) is 1. The first-order chi connectivity index (χ1) is 5.91. The van der Waals surface area contributed by atoms with Crippen LogP contribution in [0.15, 0.2) is 0 Å². The topological polar surface area (TPSA) is 116 Å². The molecule has 1 saturated heterocycles. The second kappa shape index (κ2) is 3.49. The fourth-order valence-corrected chi connectivity index (χ4v) is 1.34. The van der Waals surface area contributed by atoms with E-state index in [4.69, 9.17) is 15.6 Å². The summed E-state index contributed by atoms with van der Waals surface area (Å²) >= 11 is 0. The van der Waals surface area contributed by atoms with Gasteiger partial charge in [0, 0.05) is 0 Å². The fourth-order valence-electron chi connectivity index (χ4n) is 1.34. The summed E-state index contributed by atoms with van der Waals surface area (Å²) in [5, 5.41) is 37.1. The van der Waals surface area contributed by atoms with Gasteiger partial charge in [-0.05, 0) is 6.92 Å². The van der Waals surface area contributed by atoms with Crippen LogP contribution >= 0.6 is 0 Å². The molecule has 1 fully saturated rings. The Morgan fingerprint density at radius 3 is 2.46 bits per heavy atom. The summed E-state index contributed by atoms with van der Waals surface area (Å²) < 4.78 is 4.77. The molecule has 1 rings (SSSR count). The van der Waals surface area contributed by atoms with Gasteiger partial charge in [0.25, 0.3) is 0 Å². The number of hydrogen-bond donors (Lipinski definition) is 5. The van der Waals surface area contributed by atoms with Crippen LogP contribution in [0.1, 0.15) is 6.92 Å². The summed E-state index contributed by atoms with van der Waals surface area (Å²) in [6.07, 6.45) is -3.70. The average molecular weight is 193 g/mol. The number of aliphatic hydroxyl groups excluding tert-OH is 3. The summed E-state index contributed by atoms with van der Waals surface area (Å²) in [6, 6.07) is -1.09. The molecule has 5 atom stereocenters. The fraction of sp³-hybridized carbons (Fsp3) is 1.00. The molecule has 1 aliphatic rings. The molecular formula is C7H15NO5. The Bertz CT molecular complexity index is 186. The van der Waals surface area contributed by atoms with Crippen molar-refractivity contribution in [3.8, 4) is 0 Å². The SMILES string of the molecule is C[C@]1(O)[C@H](O)[C@@H](CO)O[C@@H](O)[C@@H]1N. The minimum atomic E-state index is -1.66. The van der Waals surface area contributed by atoms with Gasteiger partial charge in [0.05, 0.1) is 12.6 Å². The molecular weight excluding hydrogens is 178 g/mol. The van der Waals surface area contributed by atoms with Gasteiger partial charge in [-0.3, -0.25) is 0 Å². The molecule has 0 aromatic carbocycles. The largest absolute Gasteiger partial charge is 0.394 e. The minimum Gasteiger partial charge on any atom is -0.394 e. The van der Waals surface area contributed by atoms with Gasteiger partial charge < -0.3 is 30.9 Å². The summed E-state index contributed by atoms with van der Waals surface area (Å²) in [5.74, 6) is 0. The van der Waals surface area contributed by atoms with Crippen molar-refractivity contribution in [2.45, 2.75) is 37.1 Å². The summed E-state index contributed by atoms with van der Waals surface area (Å²) in [7, 11) is 0. The van der Waals surface area contributed by atoms with Gasteiger partial charge in [-0.15, -0.1) is 0 Å². The quantitative estimate of drug-likeness (QED) is 0.306. The van der Waals surface area contributed by atoms with Crippen LogP contribution in [0.4, 0.5) is 0 Å². The lowest BCUT2D eigenvalue weighted by Gasteiger charge is -2.45. The van der Waals surface area contributed by atoms with E-state index in [0.29, 0.717) is 0 Å². The maximum absolute atomic E-state index is 9.66. The van der Waals surface area contributed by atoms with E-state index in [-0.39, 0.29) is 0 Å². The maximum Gasteiger partial charge on any atom is 0.173 e. The summed E-state index contributed by atoms with van der Waals surface area (Å²) in [5.41, 5.74) is 3.74. The molecule has 0 aromatic heterocycles. The third kappa shape index (κ3) is 1.69. The lowest BCUT2D eigenvalue weighted by molar-refractivity contribution is -0.277. The van der Waals surface area contributed by atoms with Crippen molar-refractivity contribution < 1.29 is 25.2 Å². The van der Waals surface area contributed by atoms with E-state index >= 15 is 0 Å². The lowest BCUT2D eigenvalue weighted by Crippen LogP contribution is -2.68. The Morgan fingerprint density at radius 2 is 2.00 bits per heavy atom. The zero-order valence-corrected chi connectivity index (χ0v) is 7.29. The molecule has 6 nitrogen and oxygen atoms in total. The van der Waals surface area contributed by atoms with Crippen molar-refractivity contribution >= 4 is 0 Å². The molecule has 0 aromatic rings. The molecule has 0 aliphatic carbocycles. The molecule has 0 radical (unpaired) electrons. The highest BCUT2D eigenvalue weighted by molar-refractivity contribution is 5.00. The first-order valence-electron chi connectivity index (χ1n) is 4.01. The highest BCUT2D eigenvalue weighted by atomic mass is 16.6. The minimum absolute atomic E-state index is 0.485. The second-order valence-electron chi connectivity index (χ2n) is 3.44. The van der Waals surface area contributed by atoms with Crippen molar-refractivity contribution in [1.29, 1.82) is 0 Å². The molecule has 0 saturated carbocycles. The monoisotopic (exact) mass is 193 g/mol. The molecule has 0 unspecified atom stereocenters. The normalized spacial score (nSPS) is 52.2. The van der Waals surface area contributed by atoms with E-state index in [9.17, 15) is 15.3 Å². The van der Waals surface area contributed by atoms with Gasteiger partial charge in [0.1, 0.15) is 17.8 Å². The molecule has 13 heavy (non-hydrogen) atoms. The summed E-state index contributed by atoms with van der Waals surface area (Å²) in [6.45, 7) is 0.803. The molecule has 6 heteroatoms. The van der Waals surface area contributed by atoms with Crippen LogP contribution in [0.5, 0.6) is 0 Å². The molecule has 0 amide bonds. The molecule has 78 valence electrons. The Balaban J connectivity index is 2.82. The van der Waals surface area contributed by atoms with Crippen LogP contribution in [0.2, 0.25) is 0 Å². The lowest BCUT2D eigenvalue weighted by atomic mass is 9.85. The standard InChI is InChI=1S/C7H15NO5/c1-7(12)4(8)6(11)13-3(2-9)5(7)10/h3-6,9-12H,2,8H2,1H3/t3-,4+,5-,6-,7-/m1/s1. The number of hydrogen-bond acceptors (Lipinski definition) is 6. The van der Waals surface area contributed by atoms with E-state index in [1.54, 1.807) is 0 Å². The van der Waals surface area contributed by atoms with E-state index < -0.39 is 36.7 Å². The van der Waals surface area contributed by atoms with Crippen molar-refractivity contribution in [3.63, 3.8) is 0 Å². The molecule has 1 aliphatic heterocycles. The van der Waals surface area contributed by atoms with Crippen molar-refractivity contribution in [3.05, 3.63) is 0 Å². The maximum atomic E-state index is 9.66. The van der Waals surface area contributed by atoms with E-state index in [2.05, 4.69) is 0 Å². The van der Waals surface area contributed by atoms with Crippen LogP contribution in [-0.2, 0) is 4.74 Å². The van der Waals surface area contributed by atoms with Crippen LogP contribution in [0.25, 0.3) is 0 Å². The zero-order valence-electron chi connectivity index (χ0n) is 7.29. The van der Waals surface area contributed by atoms with Crippen molar-refractivity contribution in [1.82, 2.24) is 0 Å². The Morgan fingerprint density at radius 1 is 1.46 bits per heavy atom. The van der Waals surface area contributed by atoms with Crippen LogP contribution in [0.3, 0.4) is 0 Å². The number of nitrogens with two attached hydrogens (primary N) is 1. The Labute approximate surface area is 75.6 Å². The average Bonchev–Trinajstić information content (AvgIpc) is 2.09. The zero-order chi connectivity index (χ0) is 10.2. The van der Waals surface area contributed by atoms with Gasteiger partial charge in [-0.2, -0.15) is 0 Å². The van der Waals surface area contributed by atoms with Gasteiger partial charge in [0.15, 0.2) is 6.29 Å². The van der Waals surface area contributed by atoms with Crippen molar-refractivity contribution in [2.24, 2.45) is 5.73 Å². The predicted octanol–water partition coefficient (Wildman–Crippen LogP) is -2.86. The number of aliphatic hydroxyl groups is 4. The molecule has 1 heterocycles. The third-order valence-corrected chi connectivity index (χ3v) is 2.43.